The lowest BCUT2D eigenvalue weighted by Gasteiger charge is -2.03. The third-order valence-corrected chi connectivity index (χ3v) is 4.30. The van der Waals surface area contributed by atoms with Crippen molar-refractivity contribution in [3.8, 4) is 0 Å². The molecule has 0 spiro atoms. The van der Waals surface area contributed by atoms with Crippen LogP contribution in [0.1, 0.15) is 0 Å². The monoisotopic (exact) mass is 250 g/mol. The summed E-state index contributed by atoms with van der Waals surface area (Å²) in [6.07, 6.45) is 0. The van der Waals surface area contributed by atoms with Gasteiger partial charge in [0.25, 0.3) is 0 Å². The third kappa shape index (κ3) is 6.22. The molecule has 0 bridgehead atoms. The first-order valence-corrected chi connectivity index (χ1v) is 7.11. The van der Waals surface area contributed by atoms with E-state index in [2.05, 4.69) is 0 Å². The lowest BCUT2D eigenvalue weighted by atomic mass is 10.8. The smallest absolute Gasteiger partial charge is 0.218 e. The quantitative estimate of drug-likeness (QED) is 0.570. The zero-order valence-corrected chi connectivity index (χ0v) is 9.34. The predicted molar refractivity (Wildman–Crippen MR) is 50.5 cm³/mol. The van der Waals surface area contributed by atoms with Crippen LogP contribution in [0.3, 0.4) is 0 Å². The lowest BCUT2D eigenvalue weighted by Crippen LogP contribution is -2.33. The van der Waals surface area contributed by atoms with E-state index in [1.807, 2.05) is 9.44 Å². The van der Waals surface area contributed by atoms with Gasteiger partial charge in [0.2, 0.25) is 20.0 Å². The maximum atomic E-state index is 10.8. The molecule has 6 nitrogen and oxygen atoms in total. The van der Waals surface area contributed by atoms with Crippen molar-refractivity contribution in [3.05, 3.63) is 0 Å². The summed E-state index contributed by atoms with van der Waals surface area (Å²) in [7, 11) is -5.64. The summed E-state index contributed by atoms with van der Waals surface area (Å²) in [5, 5.41) is -0.577. The van der Waals surface area contributed by atoms with Gasteiger partial charge in [-0.1, -0.05) is 0 Å². The number of hydrogen-bond acceptors (Lipinski definition) is 4. The van der Waals surface area contributed by atoms with Gasteiger partial charge in [-0.3, -0.25) is 0 Å². The van der Waals surface area contributed by atoms with Gasteiger partial charge in [-0.25, -0.2) is 26.3 Å². The average Bonchev–Trinajstić information content (AvgIpc) is 2.04. The number of sulfonamides is 2. The van der Waals surface area contributed by atoms with E-state index >= 15 is 0 Å². The molecule has 0 saturated carbocycles. The van der Waals surface area contributed by atoms with E-state index in [4.69, 9.17) is 11.6 Å². The van der Waals surface area contributed by atoms with Crippen molar-refractivity contribution in [2.45, 2.75) is 0 Å². The van der Waals surface area contributed by atoms with Crippen LogP contribution in [0.5, 0.6) is 0 Å². The second-order valence-electron chi connectivity index (χ2n) is 2.14. The molecule has 0 fully saturated rings. The van der Waals surface area contributed by atoms with Crippen molar-refractivity contribution in [2.24, 2.45) is 0 Å². The highest BCUT2D eigenvalue weighted by Crippen LogP contribution is 1.88. The number of alkyl halides is 1. The summed E-state index contributed by atoms with van der Waals surface area (Å²) in [6, 6.07) is 0. The zero-order valence-electron chi connectivity index (χ0n) is 6.95. The first-order valence-electron chi connectivity index (χ1n) is 3.27. The van der Waals surface area contributed by atoms with Crippen molar-refractivity contribution in [2.75, 3.05) is 24.6 Å². The van der Waals surface area contributed by atoms with E-state index in [0.717, 1.165) is 0 Å². The first kappa shape index (κ1) is 13.1. The Bertz CT molecular complexity index is 301. The molecule has 0 radical (unpaired) electrons. The van der Waals surface area contributed by atoms with Crippen LogP contribution in [0.4, 0.5) is 0 Å². The van der Waals surface area contributed by atoms with Gasteiger partial charge < -0.3 is 0 Å². The van der Waals surface area contributed by atoms with Crippen LogP contribution in [0.25, 0.3) is 0 Å². The zero-order chi connectivity index (χ0) is 10.5. The molecular weight excluding hydrogens is 240 g/mol. The van der Waals surface area contributed by atoms with Crippen molar-refractivity contribution in [3.63, 3.8) is 0 Å². The molecule has 0 aliphatic heterocycles. The maximum Gasteiger partial charge on any atom is 0.225 e. The highest BCUT2D eigenvalue weighted by molar-refractivity contribution is 7.91. The maximum absolute atomic E-state index is 10.8. The van der Waals surface area contributed by atoms with E-state index in [0.29, 0.717) is 0 Å². The van der Waals surface area contributed by atoms with Crippen molar-refractivity contribution in [1.82, 2.24) is 9.44 Å². The van der Waals surface area contributed by atoms with Gasteiger partial charge in [-0.15, -0.1) is 11.6 Å². The van der Waals surface area contributed by atoms with E-state index in [1.165, 1.54) is 7.05 Å². The van der Waals surface area contributed by atoms with Crippen LogP contribution in [-0.2, 0) is 20.0 Å². The van der Waals surface area contributed by atoms with E-state index in [1.54, 1.807) is 0 Å². The van der Waals surface area contributed by atoms with Crippen LogP contribution in [0.15, 0.2) is 0 Å². The minimum absolute atomic E-state index is 0.182. The minimum Gasteiger partial charge on any atom is -0.218 e. The van der Waals surface area contributed by atoms with Gasteiger partial charge in [0, 0.05) is 6.54 Å². The van der Waals surface area contributed by atoms with Gasteiger partial charge in [-0.2, -0.15) is 0 Å². The highest BCUT2D eigenvalue weighted by Gasteiger charge is 2.10. The number of nitrogens with one attached hydrogen (secondary N) is 2. The topological polar surface area (TPSA) is 92.3 Å². The van der Waals surface area contributed by atoms with Crippen LogP contribution >= 0.6 is 11.6 Å². The third-order valence-electron chi connectivity index (χ3n) is 1.15. The molecule has 0 aromatic carbocycles. The predicted octanol–water partition coefficient (Wildman–Crippen LogP) is -1.35. The fourth-order valence-electron chi connectivity index (χ4n) is 0.472. The van der Waals surface area contributed by atoms with Crippen molar-refractivity contribution >= 4 is 31.6 Å². The molecule has 2 N–H and O–H groups in total. The second kappa shape index (κ2) is 5.11. The SMILES string of the molecule is CNS(=O)(=O)CCNS(=O)(=O)CCl. The first-order chi connectivity index (χ1) is 5.83. The molecule has 0 aliphatic carbocycles. The van der Waals surface area contributed by atoms with Crippen molar-refractivity contribution in [1.29, 1.82) is 0 Å². The van der Waals surface area contributed by atoms with Gasteiger partial charge in [0.1, 0.15) is 5.21 Å². The fraction of sp³-hybridized carbons (Fsp3) is 1.00. The number of halogens is 1. The largest absolute Gasteiger partial charge is 0.225 e. The van der Waals surface area contributed by atoms with E-state index in [-0.39, 0.29) is 12.3 Å². The van der Waals surface area contributed by atoms with E-state index < -0.39 is 25.3 Å². The van der Waals surface area contributed by atoms with Crippen LogP contribution in [-0.4, -0.2) is 41.4 Å². The minimum atomic E-state index is -3.53. The molecule has 0 aromatic rings. The summed E-state index contributed by atoms with van der Waals surface area (Å²) in [6.45, 7) is -0.182. The molecule has 13 heavy (non-hydrogen) atoms. The van der Waals surface area contributed by atoms with Crippen LogP contribution < -0.4 is 9.44 Å². The summed E-state index contributed by atoms with van der Waals surface area (Å²) in [4.78, 5) is 0. The normalized spacial score (nSPS) is 13.1. The number of hydrogen-bond donors (Lipinski definition) is 2. The molecule has 9 heteroatoms. The second-order valence-corrected chi connectivity index (χ2v) is 6.58. The molecule has 0 unspecified atom stereocenters. The Morgan fingerprint density at radius 1 is 1.15 bits per heavy atom. The molecule has 0 aromatic heterocycles. The van der Waals surface area contributed by atoms with Crippen LogP contribution in [0.2, 0.25) is 0 Å². The average molecular weight is 251 g/mol. The Hall–Kier alpha value is 0.110. The Morgan fingerprint density at radius 2 is 1.69 bits per heavy atom. The van der Waals surface area contributed by atoms with Gasteiger partial charge >= 0.3 is 0 Å². The molecular formula is C4H11ClN2O4S2. The molecule has 0 rings (SSSR count). The molecule has 80 valence electrons. The standard InChI is InChI=1S/C4H11ClN2O4S2/c1-6-12(8,9)3-2-7-13(10,11)4-5/h6-7H,2-4H2,1H3. The lowest BCUT2D eigenvalue weighted by molar-refractivity contribution is 0.581. The molecule has 0 amide bonds. The highest BCUT2D eigenvalue weighted by atomic mass is 35.5. The van der Waals surface area contributed by atoms with Crippen LogP contribution in [0, 0.1) is 0 Å². The Balaban J connectivity index is 3.96. The van der Waals surface area contributed by atoms with E-state index in [9.17, 15) is 16.8 Å². The van der Waals surface area contributed by atoms with Gasteiger partial charge in [0.05, 0.1) is 5.75 Å². The molecule has 0 atom stereocenters. The molecule has 0 heterocycles. The summed E-state index contributed by atoms with van der Waals surface area (Å²) in [5.41, 5.74) is 0. The Kier molecular flexibility index (Phi) is 5.15. The molecule has 0 aliphatic rings. The van der Waals surface area contributed by atoms with Gasteiger partial charge in [0.15, 0.2) is 0 Å². The summed E-state index contributed by atoms with van der Waals surface area (Å²) >= 11 is 5.06. The van der Waals surface area contributed by atoms with Crippen molar-refractivity contribution < 1.29 is 16.8 Å². The number of rotatable bonds is 6. The van der Waals surface area contributed by atoms with Gasteiger partial charge in [-0.05, 0) is 7.05 Å². The molecule has 0 saturated heterocycles. The fourth-order valence-corrected chi connectivity index (χ4v) is 1.90. The Morgan fingerprint density at radius 3 is 2.08 bits per heavy atom. The Labute approximate surface area is 82.8 Å². The summed E-state index contributed by atoms with van der Waals surface area (Å²) in [5.74, 6) is -0.306. The summed E-state index contributed by atoms with van der Waals surface area (Å²) < 4.78 is 47.1.